The number of nitrogens with one attached hydrogen (secondary N) is 1. The summed E-state index contributed by atoms with van der Waals surface area (Å²) in [7, 11) is 8.34. The topological polar surface area (TPSA) is 39.6 Å². The molecule has 0 spiro atoms. The van der Waals surface area contributed by atoms with E-state index in [-0.39, 0.29) is 12.1 Å². The molecule has 6 nitrogen and oxygen atoms in total. The fourth-order valence-corrected chi connectivity index (χ4v) is 4.64. The maximum atomic E-state index is 5.81. The van der Waals surface area contributed by atoms with Crippen LogP contribution in [0.3, 0.4) is 0 Å². The summed E-state index contributed by atoms with van der Waals surface area (Å²) in [4.78, 5) is 11.3. The van der Waals surface area contributed by atoms with E-state index in [9.17, 15) is 0 Å². The van der Waals surface area contributed by atoms with Crippen molar-refractivity contribution in [3.63, 3.8) is 0 Å². The molecule has 0 radical (unpaired) electrons. The quantitative estimate of drug-likeness (QED) is 0.528. The number of benzene rings is 1. The highest BCUT2D eigenvalue weighted by molar-refractivity contribution is 7.80. The molecule has 1 aliphatic rings. The van der Waals surface area contributed by atoms with Crippen molar-refractivity contribution in [2.75, 3.05) is 46.2 Å². The van der Waals surface area contributed by atoms with Gasteiger partial charge in [-0.2, -0.15) is 0 Å². The normalized spacial score (nSPS) is 18.3. The van der Waals surface area contributed by atoms with Gasteiger partial charge in [-0.05, 0) is 87.8 Å². The van der Waals surface area contributed by atoms with Gasteiger partial charge >= 0.3 is 0 Å². The monoisotopic (exact) mass is 448 g/mol. The van der Waals surface area contributed by atoms with E-state index >= 15 is 0 Å². The number of anilines is 1. The second kappa shape index (κ2) is 9.71. The van der Waals surface area contributed by atoms with E-state index in [1.54, 1.807) is 0 Å². The number of pyridine rings is 1. The van der Waals surface area contributed by atoms with Crippen LogP contribution in [-0.2, 0) is 0 Å². The Balaban J connectivity index is 1.71. The molecule has 168 valence electrons. The first-order valence-electron chi connectivity index (χ1n) is 11.0. The molecule has 3 heterocycles. The van der Waals surface area contributed by atoms with Crippen LogP contribution in [-0.4, -0.2) is 65.7 Å². The number of nitrogens with zero attached hydrogens (tertiary/aromatic N) is 5. The van der Waals surface area contributed by atoms with E-state index in [1.165, 1.54) is 11.4 Å². The average Bonchev–Trinajstić information content (AvgIpc) is 3.39. The van der Waals surface area contributed by atoms with Crippen LogP contribution in [0.2, 0.25) is 0 Å². The van der Waals surface area contributed by atoms with Gasteiger partial charge in [0.1, 0.15) is 0 Å². The Bertz CT molecular complexity index is 1030. The average molecular weight is 449 g/mol. The van der Waals surface area contributed by atoms with Crippen LogP contribution in [0.25, 0.3) is 5.69 Å². The molecule has 0 saturated carbocycles. The van der Waals surface area contributed by atoms with Crippen molar-refractivity contribution in [3.8, 4) is 5.69 Å². The molecular weight excluding hydrogens is 416 g/mol. The van der Waals surface area contributed by atoms with Gasteiger partial charge in [-0.3, -0.25) is 4.98 Å². The highest BCUT2D eigenvalue weighted by Crippen LogP contribution is 2.39. The maximum Gasteiger partial charge on any atom is 0.170 e. The lowest BCUT2D eigenvalue weighted by Gasteiger charge is -2.29. The van der Waals surface area contributed by atoms with E-state index < -0.39 is 0 Å². The minimum Gasteiger partial charge on any atom is -0.378 e. The smallest absolute Gasteiger partial charge is 0.170 e. The van der Waals surface area contributed by atoms with Crippen LogP contribution in [0.4, 0.5) is 5.69 Å². The van der Waals surface area contributed by atoms with E-state index in [4.69, 9.17) is 12.2 Å². The molecule has 1 N–H and O–H groups in total. The van der Waals surface area contributed by atoms with Gasteiger partial charge in [0.2, 0.25) is 0 Å². The van der Waals surface area contributed by atoms with Crippen LogP contribution in [0.15, 0.2) is 67.0 Å². The number of thiocarbonyl (C=S) groups is 1. The Morgan fingerprint density at radius 3 is 2.44 bits per heavy atom. The van der Waals surface area contributed by atoms with Gasteiger partial charge in [0, 0.05) is 50.1 Å². The molecule has 32 heavy (non-hydrogen) atoms. The second-order valence-corrected chi connectivity index (χ2v) is 9.08. The van der Waals surface area contributed by atoms with Crippen molar-refractivity contribution in [2.45, 2.75) is 18.5 Å². The molecule has 0 aliphatic carbocycles. The summed E-state index contributed by atoms with van der Waals surface area (Å²) in [5.41, 5.74) is 4.53. The van der Waals surface area contributed by atoms with Gasteiger partial charge in [-0.15, -0.1) is 0 Å². The Labute approximate surface area is 196 Å². The number of hydrogen-bond donors (Lipinski definition) is 1. The molecule has 7 heteroatoms. The first-order valence-corrected chi connectivity index (χ1v) is 11.4. The van der Waals surface area contributed by atoms with E-state index in [1.807, 2.05) is 18.3 Å². The fourth-order valence-electron chi connectivity index (χ4n) is 4.31. The Morgan fingerprint density at radius 2 is 1.78 bits per heavy atom. The van der Waals surface area contributed by atoms with Gasteiger partial charge in [0.05, 0.1) is 17.8 Å². The summed E-state index contributed by atoms with van der Waals surface area (Å²) in [6.45, 7) is 1.91. The minimum absolute atomic E-state index is 0.00208. The van der Waals surface area contributed by atoms with Crippen molar-refractivity contribution in [3.05, 3.63) is 78.4 Å². The summed E-state index contributed by atoms with van der Waals surface area (Å²) in [6.07, 6.45) is 5.03. The lowest BCUT2D eigenvalue weighted by Crippen LogP contribution is -2.33. The number of hydrogen-bond acceptors (Lipinski definition) is 4. The zero-order valence-electron chi connectivity index (χ0n) is 19.3. The highest BCUT2D eigenvalue weighted by atomic mass is 32.1. The van der Waals surface area contributed by atoms with Crippen LogP contribution in [0.1, 0.15) is 29.9 Å². The fraction of sp³-hybridized carbons (Fsp3) is 0.360. The molecule has 1 saturated heterocycles. The molecule has 2 aromatic heterocycles. The van der Waals surface area contributed by atoms with Crippen LogP contribution in [0.5, 0.6) is 0 Å². The van der Waals surface area contributed by atoms with Gasteiger partial charge in [-0.1, -0.05) is 6.07 Å². The van der Waals surface area contributed by atoms with Crippen molar-refractivity contribution in [2.24, 2.45) is 0 Å². The van der Waals surface area contributed by atoms with Crippen molar-refractivity contribution >= 4 is 23.0 Å². The zero-order chi connectivity index (χ0) is 22.7. The number of rotatable bonds is 8. The Morgan fingerprint density at radius 1 is 1.00 bits per heavy atom. The lowest BCUT2D eigenvalue weighted by atomic mass is 10.0. The van der Waals surface area contributed by atoms with E-state index in [0.717, 1.165) is 36.0 Å². The minimum atomic E-state index is -0.00208. The summed E-state index contributed by atoms with van der Waals surface area (Å²) < 4.78 is 2.27. The molecule has 1 aromatic carbocycles. The molecule has 4 rings (SSSR count). The van der Waals surface area contributed by atoms with Gasteiger partial charge in [-0.25, -0.2) is 0 Å². The standard InChI is InChI=1S/C25H32N6S/c1-28(2)16-8-18-31-24(23(27-25(31)32)21-9-5-6-15-26-21)22-10-7-17-30(22)20-13-11-19(12-14-20)29(3)4/h5-7,9-15,17,23-24H,8,16,18H2,1-4H3,(H,27,32)/t23-,24+/m0/s1. The summed E-state index contributed by atoms with van der Waals surface area (Å²) in [5.74, 6) is 0. The van der Waals surface area contributed by atoms with Gasteiger partial charge in [0.15, 0.2) is 5.11 Å². The first-order chi connectivity index (χ1) is 15.5. The predicted octanol–water partition coefficient (Wildman–Crippen LogP) is 3.86. The highest BCUT2D eigenvalue weighted by Gasteiger charge is 2.40. The SMILES string of the molecule is CN(C)CCCN1C(=S)N[C@@H](c2ccccn2)[C@H]1c1cccn1-c1ccc(N(C)C)cc1. The summed E-state index contributed by atoms with van der Waals surface area (Å²) >= 11 is 5.81. The predicted molar refractivity (Wildman–Crippen MR) is 135 cm³/mol. The van der Waals surface area contributed by atoms with Crippen LogP contribution < -0.4 is 10.2 Å². The maximum absolute atomic E-state index is 5.81. The third kappa shape index (κ3) is 4.64. The zero-order valence-corrected chi connectivity index (χ0v) is 20.1. The van der Waals surface area contributed by atoms with E-state index in [2.05, 4.69) is 106 Å². The van der Waals surface area contributed by atoms with Gasteiger partial charge in [0.25, 0.3) is 0 Å². The van der Waals surface area contributed by atoms with Crippen molar-refractivity contribution < 1.29 is 0 Å². The van der Waals surface area contributed by atoms with E-state index in [0.29, 0.717) is 0 Å². The molecule has 3 aromatic rings. The molecule has 1 fully saturated rings. The van der Waals surface area contributed by atoms with Crippen molar-refractivity contribution in [1.82, 2.24) is 24.7 Å². The Kier molecular flexibility index (Phi) is 6.77. The molecule has 0 bridgehead atoms. The Hall–Kier alpha value is -2.90. The third-order valence-electron chi connectivity index (χ3n) is 5.93. The van der Waals surface area contributed by atoms with Crippen LogP contribution in [0, 0.1) is 0 Å². The molecule has 1 aliphatic heterocycles. The molecule has 0 amide bonds. The first kappa shape index (κ1) is 22.3. The summed E-state index contributed by atoms with van der Waals surface area (Å²) in [5, 5.41) is 4.35. The summed E-state index contributed by atoms with van der Waals surface area (Å²) in [6, 6.07) is 19.1. The molecular formula is C25H32N6S. The lowest BCUT2D eigenvalue weighted by molar-refractivity contribution is 0.286. The third-order valence-corrected chi connectivity index (χ3v) is 6.28. The number of aromatic nitrogens is 2. The van der Waals surface area contributed by atoms with Gasteiger partial charge < -0.3 is 24.6 Å². The molecule has 2 atom stereocenters. The van der Waals surface area contributed by atoms with Crippen LogP contribution >= 0.6 is 12.2 Å². The van der Waals surface area contributed by atoms with Crippen molar-refractivity contribution in [1.29, 1.82) is 0 Å². The largest absolute Gasteiger partial charge is 0.378 e. The molecule has 0 unspecified atom stereocenters. The second-order valence-electron chi connectivity index (χ2n) is 8.69.